The first-order chi connectivity index (χ1) is 12.3. The Morgan fingerprint density at radius 3 is 2.81 bits per heavy atom. The van der Waals surface area contributed by atoms with Gasteiger partial charge in [-0.3, -0.25) is 9.36 Å². The molecule has 5 atom stereocenters. The number of hydrogen-bond donors (Lipinski definition) is 5. The number of nitrogens with zero attached hydrogens (tertiary/aromatic N) is 4. The highest BCUT2D eigenvalue weighted by Gasteiger charge is 2.46. The number of imidazole rings is 1. The van der Waals surface area contributed by atoms with Crippen LogP contribution in [0.15, 0.2) is 12.7 Å². The molecule has 11 nitrogen and oxygen atoms in total. The zero-order valence-corrected chi connectivity index (χ0v) is 14.5. The number of carbonyl (C=O) groups is 1. The van der Waals surface area contributed by atoms with Crippen LogP contribution in [0.3, 0.4) is 0 Å². The highest BCUT2D eigenvalue weighted by molar-refractivity contribution is 5.82. The number of aromatic nitrogens is 4. The second kappa shape index (κ2) is 7.11. The first kappa shape index (κ1) is 18.5. The van der Waals surface area contributed by atoms with Crippen molar-refractivity contribution in [3.05, 3.63) is 12.7 Å². The summed E-state index contributed by atoms with van der Waals surface area (Å²) in [5, 5.41) is 22.7. The summed E-state index contributed by atoms with van der Waals surface area (Å²) in [4.78, 5) is 24.6. The molecule has 1 aliphatic heterocycles. The average Bonchev–Trinajstić information content (AvgIpc) is 3.17. The van der Waals surface area contributed by atoms with Crippen LogP contribution in [0.4, 0.5) is 5.82 Å². The molecule has 26 heavy (non-hydrogen) atoms. The minimum atomic E-state index is -1.13. The van der Waals surface area contributed by atoms with E-state index in [-0.39, 0.29) is 11.7 Å². The molecule has 0 aliphatic carbocycles. The number of amides is 1. The van der Waals surface area contributed by atoms with Gasteiger partial charge in [-0.05, 0) is 5.92 Å². The lowest BCUT2D eigenvalue weighted by atomic mass is 10.0. The van der Waals surface area contributed by atoms with E-state index in [2.05, 4.69) is 20.3 Å². The van der Waals surface area contributed by atoms with Gasteiger partial charge in [0.25, 0.3) is 0 Å². The van der Waals surface area contributed by atoms with Crippen LogP contribution in [0.1, 0.15) is 20.1 Å². The van der Waals surface area contributed by atoms with Gasteiger partial charge in [0.15, 0.2) is 17.7 Å². The Balaban J connectivity index is 1.94. The Bertz CT molecular complexity index is 795. The number of aliphatic hydroxyl groups is 2. The van der Waals surface area contributed by atoms with Gasteiger partial charge < -0.3 is 31.7 Å². The molecule has 2 aromatic heterocycles. The molecule has 142 valence electrons. The number of nitrogens with two attached hydrogens (primary N) is 2. The molecule has 0 bridgehead atoms. The van der Waals surface area contributed by atoms with Gasteiger partial charge >= 0.3 is 0 Å². The number of hydrogen-bond acceptors (Lipinski definition) is 9. The van der Waals surface area contributed by atoms with Crippen molar-refractivity contribution < 1.29 is 19.7 Å². The van der Waals surface area contributed by atoms with Gasteiger partial charge in [-0.1, -0.05) is 13.8 Å². The number of aliphatic hydroxyl groups excluding tert-OH is 2. The fraction of sp³-hybridized carbons (Fsp3) is 0.600. The number of ether oxygens (including phenoxy) is 1. The van der Waals surface area contributed by atoms with Gasteiger partial charge in [0, 0.05) is 0 Å². The number of rotatable bonds is 5. The molecule has 1 amide bonds. The highest BCUT2D eigenvalue weighted by atomic mass is 16.5. The maximum absolute atomic E-state index is 12.4. The standard InChI is InChI=1S/C15H23N7O4/c1-6(2)8(16)14(25)21-9-11(24)7(3-23)26-15(9)22-5-20-10-12(17)18-4-19-13(10)22/h4-9,11,15,23-24H,3,16H2,1-2H3,(H,21,25)(H2,17,18,19)/t7-,8+,9?,11-,15-/m1/s1. The Labute approximate surface area is 149 Å². The summed E-state index contributed by atoms with van der Waals surface area (Å²) < 4.78 is 7.27. The SMILES string of the molecule is CC(C)[C@H](N)C(=O)NC1[C@H](n2cnc3c(N)ncnc32)O[C@H](CO)[C@H]1O. The minimum absolute atomic E-state index is 0.0804. The predicted molar refractivity (Wildman–Crippen MR) is 91.5 cm³/mol. The van der Waals surface area contributed by atoms with E-state index < -0.39 is 43.0 Å². The van der Waals surface area contributed by atoms with Crippen LogP contribution in [0, 0.1) is 5.92 Å². The van der Waals surface area contributed by atoms with E-state index in [1.807, 2.05) is 13.8 Å². The van der Waals surface area contributed by atoms with Crippen LogP contribution in [-0.4, -0.2) is 66.5 Å². The molecule has 3 heterocycles. The molecule has 1 unspecified atom stereocenters. The molecule has 0 aromatic carbocycles. The smallest absolute Gasteiger partial charge is 0.237 e. The number of nitrogen functional groups attached to an aromatic ring is 1. The van der Waals surface area contributed by atoms with Crippen LogP contribution in [0.25, 0.3) is 11.2 Å². The second-order valence-corrected chi connectivity index (χ2v) is 6.63. The zero-order valence-electron chi connectivity index (χ0n) is 14.5. The van der Waals surface area contributed by atoms with Crippen LogP contribution in [-0.2, 0) is 9.53 Å². The van der Waals surface area contributed by atoms with E-state index in [1.165, 1.54) is 17.2 Å². The van der Waals surface area contributed by atoms with Crippen LogP contribution >= 0.6 is 0 Å². The molecule has 1 saturated heterocycles. The Morgan fingerprint density at radius 1 is 1.42 bits per heavy atom. The Hall–Kier alpha value is -2.34. The lowest BCUT2D eigenvalue weighted by molar-refractivity contribution is -0.125. The van der Waals surface area contributed by atoms with Gasteiger partial charge in [0.2, 0.25) is 5.91 Å². The van der Waals surface area contributed by atoms with Gasteiger partial charge in [-0.15, -0.1) is 0 Å². The average molecular weight is 365 g/mol. The number of carbonyl (C=O) groups excluding carboxylic acids is 1. The summed E-state index contributed by atoms with van der Waals surface area (Å²) in [6.45, 7) is 3.23. The lowest BCUT2D eigenvalue weighted by Crippen LogP contribution is -2.53. The van der Waals surface area contributed by atoms with E-state index in [4.69, 9.17) is 16.2 Å². The molecular formula is C15H23N7O4. The van der Waals surface area contributed by atoms with E-state index >= 15 is 0 Å². The molecule has 0 radical (unpaired) electrons. The fourth-order valence-corrected chi connectivity index (χ4v) is 2.91. The monoisotopic (exact) mass is 365 g/mol. The van der Waals surface area contributed by atoms with Gasteiger partial charge in [-0.2, -0.15) is 0 Å². The van der Waals surface area contributed by atoms with Crippen molar-refractivity contribution in [2.24, 2.45) is 11.7 Å². The van der Waals surface area contributed by atoms with Crippen LogP contribution < -0.4 is 16.8 Å². The Kier molecular flexibility index (Phi) is 5.05. The summed E-state index contributed by atoms with van der Waals surface area (Å²) in [5.74, 6) is -0.300. The van der Waals surface area contributed by atoms with Gasteiger partial charge in [-0.25, -0.2) is 15.0 Å². The minimum Gasteiger partial charge on any atom is -0.394 e. The van der Waals surface area contributed by atoms with E-state index in [9.17, 15) is 15.0 Å². The van der Waals surface area contributed by atoms with E-state index in [0.29, 0.717) is 11.2 Å². The van der Waals surface area contributed by atoms with Crippen molar-refractivity contribution in [1.29, 1.82) is 0 Å². The summed E-state index contributed by atoms with van der Waals surface area (Å²) >= 11 is 0. The van der Waals surface area contributed by atoms with Gasteiger partial charge in [0.05, 0.1) is 19.0 Å². The topological polar surface area (TPSA) is 174 Å². The molecule has 3 rings (SSSR count). The Morgan fingerprint density at radius 2 is 2.15 bits per heavy atom. The van der Waals surface area contributed by atoms with Crippen molar-refractivity contribution in [3.8, 4) is 0 Å². The number of anilines is 1. The van der Waals surface area contributed by atoms with Crippen molar-refractivity contribution in [1.82, 2.24) is 24.8 Å². The summed E-state index contributed by atoms with van der Waals surface area (Å²) in [6, 6.07) is -1.59. The normalized spacial score (nSPS) is 27.2. The summed E-state index contributed by atoms with van der Waals surface area (Å²) in [6.07, 6.45) is -0.131. The maximum atomic E-state index is 12.4. The first-order valence-corrected chi connectivity index (χ1v) is 8.28. The molecule has 2 aromatic rings. The largest absolute Gasteiger partial charge is 0.394 e. The van der Waals surface area contributed by atoms with Crippen molar-refractivity contribution in [2.45, 2.75) is 44.4 Å². The van der Waals surface area contributed by atoms with Crippen molar-refractivity contribution in [2.75, 3.05) is 12.3 Å². The van der Waals surface area contributed by atoms with Crippen molar-refractivity contribution in [3.63, 3.8) is 0 Å². The van der Waals surface area contributed by atoms with E-state index in [1.54, 1.807) is 0 Å². The van der Waals surface area contributed by atoms with Crippen molar-refractivity contribution >= 4 is 22.9 Å². The van der Waals surface area contributed by atoms with Gasteiger partial charge in [0.1, 0.15) is 30.1 Å². The molecule has 1 fully saturated rings. The zero-order chi connectivity index (χ0) is 19.0. The molecule has 7 N–H and O–H groups in total. The molecule has 0 spiro atoms. The molecule has 1 aliphatic rings. The summed E-state index contributed by atoms with van der Waals surface area (Å²) in [5.41, 5.74) is 12.4. The highest BCUT2D eigenvalue weighted by Crippen LogP contribution is 2.32. The second-order valence-electron chi connectivity index (χ2n) is 6.63. The van der Waals surface area contributed by atoms with Crippen LogP contribution in [0.5, 0.6) is 0 Å². The van der Waals surface area contributed by atoms with Crippen LogP contribution in [0.2, 0.25) is 0 Å². The third kappa shape index (κ3) is 3.09. The number of fused-ring (bicyclic) bond motifs is 1. The molecule has 11 heteroatoms. The third-order valence-corrected chi connectivity index (χ3v) is 4.54. The number of nitrogens with one attached hydrogen (secondary N) is 1. The fourth-order valence-electron chi connectivity index (χ4n) is 2.91. The first-order valence-electron chi connectivity index (χ1n) is 8.28. The van der Waals surface area contributed by atoms with E-state index in [0.717, 1.165) is 0 Å². The summed E-state index contributed by atoms with van der Waals surface area (Å²) in [7, 11) is 0. The third-order valence-electron chi connectivity index (χ3n) is 4.54. The molecule has 0 saturated carbocycles. The quantitative estimate of drug-likeness (QED) is 0.406. The molecular weight excluding hydrogens is 342 g/mol. The predicted octanol–water partition coefficient (Wildman–Crippen LogP) is -1.87. The lowest BCUT2D eigenvalue weighted by Gasteiger charge is -2.25. The maximum Gasteiger partial charge on any atom is 0.237 e.